The highest BCUT2D eigenvalue weighted by atomic mass is 19.4. The van der Waals surface area contributed by atoms with Crippen molar-refractivity contribution >= 4 is 17.7 Å². The van der Waals surface area contributed by atoms with Gasteiger partial charge < -0.3 is 25.0 Å². The topological polar surface area (TPSA) is 120 Å². The zero-order chi connectivity index (χ0) is 26.0. The number of halogens is 4. The molecule has 1 aliphatic rings. The van der Waals surface area contributed by atoms with Crippen molar-refractivity contribution in [2.75, 3.05) is 44.4 Å². The summed E-state index contributed by atoms with van der Waals surface area (Å²) in [4.78, 5) is 31.2. The summed E-state index contributed by atoms with van der Waals surface area (Å²) in [6, 6.07) is 6.28. The molecule has 190 valence electrons. The maximum absolute atomic E-state index is 14.7. The first kappa shape index (κ1) is 25.0. The fourth-order valence-corrected chi connectivity index (χ4v) is 3.30. The number of rotatable bonds is 5. The minimum atomic E-state index is -4.58. The van der Waals surface area contributed by atoms with E-state index in [0.717, 1.165) is 6.07 Å². The van der Waals surface area contributed by atoms with Crippen LogP contribution in [-0.2, 0) is 4.74 Å². The third kappa shape index (κ3) is 5.59. The summed E-state index contributed by atoms with van der Waals surface area (Å²) >= 11 is 0. The fraction of sp³-hybridized carbons (Fsp3) is 0.318. The lowest BCUT2D eigenvalue weighted by Gasteiger charge is -2.33. The van der Waals surface area contributed by atoms with Gasteiger partial charge >= 0.3 is 12.2 Å². The summed E-state index contributed by atoms with van der Waals surface area (Å²) in [5, 5.41) is 0. The summed E-state index contributed by atoms with van der Waals surface area (Å²) in [5.41, 5.74) is 6.10. The number of nitrogen functional groups attached to an aromatic ring is 1. The number of carbonyl (C=O) groups excluding carboxylic acids is 1. The van der Waals surface area contributed by atoms with Crippen LogP contribution in [0.3, 0.4) is 0 Å². The van der Waals surface area contributed by atoms with Crippen molar-refractivity contribution in [3.8, 4) is 23.1 Å². The van der Waals surface area contributed by atoms with Crippen LogP contribution in [-0.4, -0.2) is 76.8 Å². The van der Waals surface area contributed by atoms with Crippen LogP contribution in [0.1, 0.15) is 10.4 Å². The van der Waals surface area contributed by atoms with E-state index < -0.39 is 30.5 Å². The minimum Gasteiger partial charge on any atom is -0.421 e. The van der Waals surface area contributed by atoms with Crippen LogP contribution in [0.4, 0.5) is 29.3 Å². The second-order valence-corrected chi connectivity index (χ2v) is 8.01. The highest BCUT2D eigenvalue weighted by molar-refractivity contribution is 5.94. The number of benzene rings is 1. The van der Waals surface area contributed by atoms with Crippen molar-refractivity contribution in [3.05, 3.63) is 47.9 Å². The lowest BCUT2D eigenvalue weighted by Crippen LogP contribution is -2.49. The smallest absolute Gasteiger partial charge is 0.416 e. The van der Waals surface area contributed by atoms with E-state index in [2.05, 4.69) is 19.9 Å². The lowest BCUT2D eigenvalue weighted by molar-refractivity contribution is -0.221. The van der Waals surface area contributed by atoms with Crippen LogP contribution >= 0.6 is 0 Å². The largest absolute Gasteiger partial charge is 0.421 e. The van der Waals surface area contributed by atoms with Gasteiger partial charge in [0.15, 0.2) is 23.5 Å². The molecule has 1 aliphatic heterocycles. The van der Waals surface area contributed by atoms with E-state index in [1.807, 2.05) is 0 Å². The van der Waals surface area contributed by atoms with E-state index in [9.17, 15) is 22.4 Å². The summed E-state index contributed by atoms with van der Waals surface area (Å²) < 4.78 is 64.8. The van der Waals surface area contributed by atoms with Gasteiger partial charge in [-0.3, -0.25) is 4.79 Å². The van der Waals surface area contributed by atoms with Crippen molar-refractivity contribution < 1.29 is 31.8 Å². The van der Waals surface area contributed by atoms with Gasteiger partial charge in [0, 0.05) is 38.0 Å². The Morgan fingerprint density at radius 2 is 1.97 bits per heavy atom. The Bertz CT molecular complexity index is 1260. The number of carbonyl (C=O) groups is 1. The average Bonchev–Trinajstić information content (AvgIpc) is 2.84. The molecule has 3 aromatic rings. The lowest BCUT2D eigenvalue weighted by atomic mass is 10.2. The zero-order valence-electron chi connectivity index (χ0n) is 19.2. The number of pyridine rings is 1. The molecule has 2 N–H and O–H groups in total. The molecule has 0 saturated carbocycles. The van der Waals surface area contributed by atoms with Gasteiger partial charge in [0.2, 0.25) is 5.95 Å². The number of nitrogens with two attached hydrogens (primary N) is 1. The first-order valence-corrected chi connectivity index (χ1v) is 10.6. The molecule has 1 saturated heterocycles. The number of morpholine rings is 1. The zero-order valence-corrected chi connectivity index (χ0v) is 19.2. The molecule has 14 heteroatoms. The van der Waals surface area contributed by atoms with E-state index in [1.165, 1.54) is 48.3 Å². The molecule has 10 nitrogen and oxygen atoms in total. The monoisotopic (exact) mass is 507 g/mol. The molecule has 1 atom stereocenters. The molecule has 1 amide bonds. The van der Waals surface area contributed by atoms with Crippen LogP contribution in [0, 0.1) is 5.82 Å². The van der Waals surface area contributed by atoms with Crippen LogP contribution in [0.25, 0.3) is 11.4 Å². The molecule has 3 heterocycles. The van der Waals surface area contributed by atoms with Crippen LogP contribution in [0.2, 0.25) is 0 Å². The molecule has 1 aromatic carbocycles. The number of amides is 1. The van der Waals surface area contributed by atoms with Gasteiger partial charge in [0.25, 0.3) is 5.91 Å². The van der Waals surface area contributed by atoms with Crippen LogP contribution < -0.4 is 15.4 Å². The first-order chi connectivity index (χ1) is 17.0. The number of hydrogen-bond donors (Lipinski definition) is 1. The van der Waals surface area contributed by atoms with Gasteiger partial charge in [-0.05, 0) is 30.3 Å². The molecule has 0 aliphatic carbocycles. The van der Waals surface area contributed by atoms with Gasteiger partial charge in [-0.15, -0.1) is 0 Å². The van der Waals surface area contributed by atoms with Crippen LogP contribution in [0.5, 0.6) is 11.8 Å². The normalized spacial score (nSPS) is 16.1. The molecule has 36 heavy (non-hydrogen) atoms. The molecule has 0 radical (unpaired) electrons. The summed E-state index contributed by atoms with van der Waals surface area (Å²) in [6.45, 7) is -0.686. The Morgan fingerprint density at radius 1 is 1.19 bits per heavy atom. The summed E-state index contributed by atoms with van der Waals surface area (Å²) in [5.74, 6) is -1.42. The molecular weight excluding hydrogens is 486 g/mol. The Kier molecular flexibility index (Phi) is 6.88. The Labute approximate surface area is 202 Å². The Balaban J connectivity index is 1.70. The quantitative estimate of drug-likeness (QED) is 0.520. The maximum Gasteiger partial charge on any atom is 0.416 e. The second-order valence-electron chi connectivity index (χ2n) is 8.01. The summed E-state index contributed by atoms with van der Waals surface area (Å²) in [6.07, 6.45) is -5.24. The summed E-state index contributed by atoms with van der Waals surface area (Å²) in [7, 11) is 3.05. The second kappa shape index (κ2) is 9.89. The third-order valence-corrected chi connectivity index (χ3v) is 5.15. The number of alkyl halides is 3. The molecule has 0 spiro atoms. The molecule has 4 rings (SSSR count). The number of anilines is 2. The average molecular weight is 507 g/mol. The standard InChI is InChI=1S/C22H21F4N7O3/c1-32(2)19(34)12-3-5-15(14(23)9-12)36-21-30-18(13-4-6-17(27)28-10-13)29-20(31-21)33-7-8-35-16(11-33)22(24,25)26/h3-6,9-10,16H,7-8,11H2,1-2H3,(H2,27,28)/t16-/m0/s1. The molecular formula is C22H21F4N7O3. The third-order valence-electron chi connectivity index (χ3n) is 5.15. The van der Waals surface area contributed by atoms with Crippen molar-refractivity contribution in [2.45, 2.75) is 12.3 Å². The van der Waals surface area contributed by atoms with Crippen molar-refractivity contribution in [1.29, 1.82) is 0 Å². The first-order valence-electron chi connectivity index (χ1n) is 10.6. The molecule has 2 aromatic heterocycles. The van der Waals surface area contributed by atoms with E-state index in [-0.39, 0.29) is 48.1 Å². The predicted octanol–water partition coefficient (Wildman–Crippen LogP) is 2.92. The minimum absolute atomic E-state index is 0.0253. The molecule has 0 bridgehead atoms. The van der Waals surface area contributed by atoms with Crippen molar-refractivity contribution in [2.24, 2.45) is 0 Å². The van der Waals surface area contributed by atoms with E-state index in [1.54, 1.807) is 6.07 Å². The highest BCUT2D eigenvalue weighted by Crippen LogP contribution is 2.30. The van der Waals surface area contributed by atoms with Gasteiger partial charge in [0.1, 0.15) is 5.82 Å². The molecule has 1 fully saturated rings. The van der Waals surface area contributed by atoms with E-state index in [4.69, 9.17) is 15.2 Å². The van der Waals surface area contributed by atoms with Gasteiger partial charge in [-0.25, -0.2) is 9.37 Å². The SMILES string of the molecule is CN(C)C(=O)c1ccc(Oc2nc(-c3ccc(N)nc3)nc(N3CCO[C@H](C(F)(F)F)C3)n2)c(F)c1. The highest BCUT2D eigenvalue weighted by Gasteiger charge is 2.44. The molecule has 0 unspecified atom stereocenters. The van der Waals surface area contributed by atoms with Crippen LogP contribution in [0.15, 0.2) is 36.5 Å². The van der Waals surface area contributed by atoms with Gasteiger partial charge in [0.05, 0.1) is 13.2 Å². The Morgan fingerprint density at radius 3 is 2.61 bits per heavy atom. The predicted molar refractivity (Wildman–Crippen MR) is 120 cm³/mol. The Hall–Kier alpha value is -4.07. The fourth-order valence-electron chi connectivity index (χ4n) is 3.30. The van der Waals surface area contributed by atoms with E-state index in [0.29, 0.717) is 5.56 Å². The van der Waals surface area contributed by atoms with E-state index >= 15 is 0 Å². The number of ether oxygens (including phenoxy) is 2. The number of aromatic nitrogens is 4. The van der Waals surface area contributed by atoms with Crippen molar-refractivity contribution in [3.63, 3.8) is 0 Å². The number of nitrogens with zero attached hydrogens (tertiary/aromatic N) is 6. The number of hydrogen-bond acceptors (Lipinski definition) is 9. The van der Waals surface area contributed by atoms with Crippen molar-refractivity contribution in [1.82, 2.24) is 24.8 Å². The van der Waals surface area contributed by atoms with Gasteiger partial charge in [-0.2, -0.15) is 28.1 Å². The van der Waals surface area contributed by atoms with Gasteiger partial charge in [-0.1, -0.05) is 0 Å². The maximum atomic E-state index is 14.7.